The van der Waals surface area contributed by atoms with Crippen molar-refractivity contribution in [2.75, 3.05) is 38.5 Å². The number of hydrogen-bond donors (Lipinski definition) is 2. The number of anilines is 1. The minimum absolute atomic E-state index is 0.148. The Balaban J connectivity index is 1.45. The molecule has 2 aliphatic rings. The number of halogens is 2. The van der Waals surface area contributed by atoms with Crippen LogP contribution in [0.3, 0.4) is 0 Å². The molecule has 0 aromatic heterocycles. The number of nitrogens with one attached hydrogen (secondary N) is 2. The predicted octanol–water partition coefficient (Wildman–Crippen LogP) is 2.49. The van der Waals surface area contributed by atoms with Gasteiger partial charge in [-0.2, -0.15) is 0 Å². The van der Waals surface area contributed by atoms with Crippen LogP contribution in [0.5, 0.6) is 0 Å². The number of carbonyl (C=O) groups is 2. The molecule has 1 saturated heterocycles. The van der Waals surface area contributed by atoms with E-state index in [9.17, 15) is 9.59 Å². The van der Waals surface area contributed by atoms with Crippen LogP contribution in [0.4, 0.5) is 5.69 Å². The molecule has 1 aromatic carbocycles. The molecule has 1 heterocycles. The Hall–Kier alpha value is -1.30. The molecule has 0 spiro atoms. The van der Waals surface area contributed by atoms with Gasteiger partial charge in [-0.05, 0) is 42.9 Å². The molecule has 3 atom stereocenters. The van der Waals surface area contributed by atoms with E-state index in [2.05, 4.69) is 5.32 Å². The van der Waals surface area contributed by atoms with Crippen molar-refractivity contribution in [3.05, 3.63) is 28.2 Å². The van der Waals surface area contributed by atoms with Crippen molar-refractivity contribution >= 4 is 40.7 Å². The second-order valence-electron chi connectivity index (χ2n) is 7.92. The summed E-state index contributed by atoms with van der Waals surface area (Å²) in [5, 5.41) is 3.65. The lowest BCUT2D eigenvalue weighted by Gasteiger charge is -2.41. The Kier molecular flexibility index (Phi) is 7.01. The van der Waals surface area contributed by atoms with Crippen molar-refractivity contribution < 1.29 is 14.5 Å². The van der Waals surface area contributed by atoms with Crippen LogP contribution in [0.15, 0.2) is 18.2 Å². The number of likely N-dealkylation sites (N-methyl/N-ethyl adjacent to an activating group) is 1. The van der Waals surface area contributed by atoms with E-state index in [4.69, 9.17) is 23.2 Å². The molecule has 2 fully saturated rings. The number of likely N-dealkylation sites (tertiary alicyclic amines) is 1. The molecule has 1 aromatic rings. The molecule has 1 unspecified atom stereocenters. The summed E-state index contributed by atoms with van der Waals surface area (Å²) in [5.74, 6) is 1.49. The van der Waals surface area contributed by atoms with Crippen molar-refractivity contribution in [1.82, 2.24) is 4.90 Å². The molecular weight excluding hydrogens is 385 g/mol. The lowest BCUT2D eigenvalue weighted by atomic mass is 9.75. The smallest absolute Gasteiger partial charge is 0.279 e. The number of hydrogen-bond acceptors (Lipinski definition) is 2. The Morgan fingerprint density at radius 2 is 1.85 bits per heavy atom. The van der Waals surface area contributed by atoms with Crippen molar-refractivity contribution in [1.29, 1.82) is 0 Å². The van der Waals surface area contributed by atoms with E-state index in [1.54, 1.807) is 18.2 Å². The predicted molar refractivity (Wildman–Crippen MR) is 108 cm³/mol. The van der Waals surface area contributed by atoms with Crippen molar-refractivity contribution in [2.45, 2.75) is 32.1 Å². The van der Waals surface area contributed by atoms with E-state index >= 15 is 0 Å². The first kappa shape index (κ1) is 20.4. The highest BCUT2D eigenvalue weighted by Crippen LogP contribution is 2.35. The molecule has 5 nitrogen and oxygen atoms in total. The van der Waals surface area contributed by atoms with Crippen molar-refractivity contribution in [3.63, 3.8) is 0 Å². The maximum Gasteiger partial charge on any atom is 0.279 e. The topological polar surface area (TPSA) is 53.9 Å². The number of quaternary nitrogens is 1. The van der Waals surface area contributed by atoms with E-state index in [-0.39, 0.29) is 18.4 Å². The summed E-state index contributed by atoms with van der Waals surface area (Å²) in [6.45, 7) is 2.33. The summed E-state index contributed by atoms with van der Waals surface area (Å²) >= 11 is 11.9. The first-order valence-electron chi connectivity index (χ1n) is 9.76. The highest BCUT2D eigenvalue weighted by molar-refractivity contribution is 6.42. The largest absolute Gasteiger partial charge is 0.338 e. The Bertz CT molecular complexity index is 698. The number of nitrogens with zero attached hydrogens (tertiary/aromatic N) is 1. The zero-order valence-electron chi connectivity index (χ0n) is 15.8. The van der Waals surface area contributed by atoms with Gasteiger partial charge in [0.2, 0.25) is 0 Å². The van der Waals surface area contributed by atoms with Crippen LogP contribution in [0.25, 0.3) is 0 Å². The number of fused-ring (bicyclic) bond motifs is 1. The normalized spacial score (nSPS) is 23.4. The Morgan fingerprint density at radius 1 is 1.11 bits per heavy atom. The van der Waals surface area contributed by atoms with Gasteiger partial charge >= 0.3 is 0 Å². The average molecular weight is 413 g/mol. The fourth-order valence-corrected chi connectivity index (χ4v) is 4.61. The summed E-state index contributed by atoms with van der Waals surface area (Å²) in [5.41, 5.74) is 0.605. The van der Waals surface area contributed by atoms with E-state index in [0.29, 0.717) is 28.2 Å². The van der Waals surface area contributed by atoms with Crippen LogP contribution in [-0.2, 0) is 9.59 Å². The van der Waals surface area contributed by atoms with Crippen LogP contribution in [0, 0.1) is 11.8 Å². The third kappa shape index (κ3) is 5.59. The van der Waals surface area contributed by atoms with Crippen molar-refractivity contribution in [2.24, 2.45) is 11.8 Å². The third-order valence-corrected chi connectivity index (χ3v) is 6.50. The Labute approximate surface area is 171 Å². The van der Waals surface area contributed by atoms with Gasteiger partial charge in [0.15, 0.2) is 13.1 Å². The number of rotatable bonds is 5. The van der Waals surface area contributed by atoms with Crippen LogP contribution in [-0.4, -0.2) is 49.9 Å². The zero-order chi connectivity index (χ0) is 19.4. The van der Waals surface area contributed by atoms with E-state index in [1.807, 2.05) is 11.9 Å². The monoisotopic (exact) mass is 412 g/mol. The van der Waals surface area contributed by atoms with E-state index < -0.39 is 0 Å². The lowest BCUT2D eigenvalue weighted by Crippen LogP contribution is -3.11. The van der Waals surface area contributed by atoms with Gasteiger partial charge in [0.05, 0.1) is 17.1 Å². The maximum absolute atomic E-state index is 12.6. The molecule has 148 valence electrons. The summed E-state index contributed by atoms with van der Waals surface area (Å²) < 4.78 is 0. The fraction of sp³-hybridized carbons (Fsp3) is 0.600. The minimum Gasteiger partial charge on any atom is -0.338 e. The first-order valence-corrected chi connectivity index (χ1v) is 10.5. The third-order valence-electron chi connectivity index (χ3n) is 5.76. The summed E-state index contributed by atoms with van der Waals surface area (Å²) in [6, 6.07) is 4.98. The van der Waals surface area contributed by atoms with Gasteiger partial charge in [-0.1, -0.05) is 42.5 Å². The quantitative estimate of drug-likeness (QED) is 0.780. The molecule has 1 aliphatic carbocycles. The second kappa shape index (κ2) is 9.26. The van der Waals surface area contributed by atoms with Crippen LogP contribution in [0.2, 0.25) is 10.0 Å². The van der Waals surface area contributed by atoms with Crippen molar-refractivity contribution in [3.8, 4) is 0 Å². The number of amides is 2. The summed E-state index contributed by atoms with van der Waals surface area (Å²) in [7, 11) is 1.87. The second-order valence-corrected chi connectivity index (χ2v) is 8.74. The van der Waals surface area contributed by atoms with Gasteiger partial charge < -0.3 is 15.1 Å². The molecule has 27 heavy (non-hydrogen) atoms. The van der Waals surface area contributed by atoms with Gasteiger partial charge in [-0.3, -0.25) is 9.59 Å². The standard InChI is InChI=1S/C20H27Cl2N3O2/c1-24(12-19(26)23-16-6-7-17(21)18(22)10-16)13-20(27)25-9-8-14-4-2-3-5-15(14)11-25/h6-7,10,14-15H,2-5,8-9,11-13H2,1H3,(H,23,26)/p+1/t14-,15-/m1/s1. The van der Waals surface area contributed by atoms with Crippen LogP contribution >= 0.6 is 23.2 Å². The molecule has 2 N–H and O–H groups in total. The van der Waals surface area contributed by atoms with Gasteiger partial charge in [0, 0.05) is 18.8 Å². The highest BCUT2D eigenvalue weighted by atomic mass is 35.5. The fourth-order valence-electron chi connectivity index (χ4n) is 4.31. The van der Waals surface area contributed by atoms with Crippen LogP contribution in [0.1, 0.15) is 32.1 Å². The maximum atomic E-state index is 12.6. The molecule has 1 saturated carbocycles. The molecule has 1 aliphatic heterocycles. The summed E-state index contributed by atoms with van der Waals surface area (Å²) in [4.78, 5) is 27.8. The molecule has 7 heteroatoms. The molecule has 0 radical (unpaired) electrons. The van der Waals surface area contributed by atoms with Gasteiger partial charge in [-0.25, -0.2) is 0 Å². The van der Waals surface area contributed by atoms with Gasteiger partial charge in [0.25, 0.3) is 11.8 Å². The zero-order valence-corrected chi connectivity index (χ0v) is 17.3. The first-order chi connectivity index (χ1) is 12.9. The minimum atomic E-state index is -0.148. The average Bonchev–Trinajstić information content (AvgIpc) is 2.64. The highest BCUT2D eigenvalue weighted by Gasteiger charge is 2.33. The molecule has 3 rings (SSSR count). The number of carbonyl (C=O) groups excluding carboxylic acids is 2. The van der Waals surface area contributed by atoms with Gasteiger partial charge in [0.1, 0.15) is 0 Å². The molecular formula is C20H28Cl2N3O2+. The van der Waals surface area contributed by atoms with E-state index in [1.165, 1.54) is 25.7 Å². The molecule has 0 bridgehead atoms. The van der Waals surface area contributed by atoms with Gasteiger partial charge in [-0.15, -0.1) is 0 Å². The number of benzene rings is 1. The Morgan fingerprint density at radius 3 is 2.59 bits per heavy atom. The summed E-state index contributed by atoms with van der Waals surface area (Å²) in [6.07, 6.45) is 6.35. The lowest BCUT2D eigenvalue weighted by molar-refractivity contribution is -0.862. The molecule has 2 amide bonds. The number of piperidine rings is 1. The SMILES string of the molecule is C[NH+](CC(=O)Nc1ccc(Cl)c(Cl)c1)CC(=O)N1CC[C@H]2CCCC[C@@H]2C1. The van der Waals surface area contributed by atoms with E-state index in [0.717, 1.165) is 30.3 Å². The van der Waals surface area contributed by atoms with Crippen LogP contribution < -0.4 is 10.2 Å².